The van der Waals surface area contributed by atoms with Crippen molar-refractivity contribution in [3.05, 3.63) is 69.2 Å². The van der Waals surface area contributed by atoms with Crippen LogP contribution in [0.15, 0.2) is 47.4 Å². The molecule has 0 bridgehead atoms. The first-order valence-electron chi connectivity index (χ1n) is 9.20. The maximum atomic E-state index is 12.6. The van der Waals surface area contributed by atoms with Gasteiger partial charge in [0.15, 0.2) is 0 Å². The normalized spacial score (nSPS) is 10.8. The van der Waals surface area contributed by atoms with Crippen LogP contribution in [0, 0.1) is 0 Å². The van der Waals surface area contributed by atoms with E-state index in [1.54, 1.807) is 18.2 Å². The summed E-state index contributed by atoms with van der Waals surface area (Å²) < 4.78 is 5.48. The topological polar surface area (TPSA) is 97.0 Å². The van der Waals surface area contributed by atoms with Crippen LogP contribution in [0.25, 0.3) is 11.4 Å². The third-order valence-corrected chi connectivity index (χ3v) is 4.24. The van der Waals surface area contributed by atoms with Gasteiger partial charge in [-0.2, -0.15) is 0 Å². The summed E-state index contributed by atoms with van der Waals surface area (Å²) in [4.78, 5) is 35.7. The molecule has 8 heteroatoms. The van der Waals surface area contributed by atoms with Gasteiger partial charge in [-0.25, -0.2) is 9.97 Å². The number of nitrogens with one attached hydrogen (secondary N) is 2. The Hall–Kier alpha value is -3.19. The van der Waals surface area contributed by atoms with Crippen molar-refractivity contribution < 1.29 is 9.53 Å². The van der Waals surface area contributed by atoms with Gasteiger partial charge in [-0.15, -0.1) is 0 Å². The van der Waals surface area contributed by atoms with E-state index in [1.165, 1.54) is 18.3 Å². The van der Waals surface area contributed by atoms with Crippen molar-refractivity contribution in [2.45, 2.75) is 33.3 Å². The second-order valence-corrected chi connectivity index (χ2v) is 7.06. The van der Waals surface area contributed by atoms with Crippen molar-refractivity contribution in [1.82, 2.24) is 15.0 Å². The Morgan fingerprint density at radius 2 is 2.07 bits per heavy atom. The molecular formula is C21H21ClN4O3. The Bertz CT molecular complexity index is 1100. The lowest BCUT2D eigenvalue weighted by Gasteiger charge is -2.11. The number of ether oxygens (including phenoxy) is 1. The number of amides is 1. The number of pyridine rings is 1. The first-order chi connectivity index (χ1) is 13.9. The number of anilines is 1. The number of H-pyrrole nitrogens is 1. The van der Waals surface area contributed by atoms with E-state index >= 15 is 0 Å². The third-order valence-electron chi connectivity index (χ3n) is 3.97. The number of nitrogens with zero attached hydrogens (tertiary/aromatic N) is 2. The lowest BCUT2D eigenvalue weighted by Crippen LogP contribution is -2.14. The van der Waals surface area contributed by atoms with Gasteiger partial charge >= 0.3 is 0 Å². The van der Waals surface area contributed by atoms with Crippen molar-refractivity contribution in [1.29, 1.82) is 0 Å². The fraction of sp³-hybridized carbons (Fsp3) is 0.238. The molecule has 7 nitrogen and oxygen atoms in total. The molecule has 0 fully saturated rings. The molecule has 150 valence electrons. The molecule has 0 spiro atoms. The number of carbonyl (C=O) groups is 1. The van der Waals surface area contributed by atoms with Crippen LogP contribution in [0.5, 0.6) is 5.88 Å². The number of rotatable bonds is 6. The van der Waals surface area contributed by atoms with Crippen molar-refractivity contribution >= 4 is 23.2 Å². The lowest BCUT2D eigenvalue weighted by molar-refractivity contribution is 0.102. The molecule has 0 saturated carbocycles. The second-order valence-electron chi connectivity index (χ2n) is 6.65. The molecule has 0 radical (unpaired) electrons. The molecule has 2 aromatic heterocycles. The van der Waals surface area contributed by atoms with E-state index < -0.39 is 0 Å². The number of aromatic amines is 1. The van der Waals surface area contributed by atoms with E-state index in [-0.39, 0.29) is 28.5 Å². The summed E-state index contributed by atoms with van der Waals surface area (Å²) in [6.07, 6.45) is 1.98. The van der Waals surface area contributed by atoms with Crippen LogP contribution in [0.3, 0.4) is 0 Å². The predicted molar refractivity (Wildman–Crippen MR) is 113 cm³/mol. The maximum Gasteiger partial charge on any atom is 0.257 e. The molecule has 2 heterocycles. The van der Waals surface area contributed by atoms with Gasteiger partial charge in [-0.3, -0.25) is 9.59 Å². The average molecular weight is 413 g/mol. The van der Waals surface area contributed by atoms with Gasteiger partial charge in [0.25, 0.3) is 11.5 Å². The van der Waals surface area contributed by atoms with Gasteiger partial charge in [0, 0.05) is 29.2 Å². The fourth-order valence-corrected chi connectivity index (χ4v) is 2.84. The minimum absolute atomic E-state index is 0.0753. The van der Waals surface area contributed by atoms with Gasteiger partial charge in [-0.05, 0) is 38.5 Å². The smallest absolute Gasteiger partial charge is 0.257 e. The number of hydrogen-bond acceptors (Lipinski definition) is 5. The summed E-state index contributed by atoms with van der Waals surface area (Å²) in [6, 6.07) is 10.0. The van der Waals surface area contributed by atoms with Crippen molar-refractivity contribution in [2.75, 3.05) is 5.32 Å². The van der Waals surface area contributed by atoms with Crippen LogP contribution in [0.2, 0.25) is 5.02 Å². The molecule has 0 unspecified atom stereocenters. The van der Waals surface area contributed by atoms with Gasteiger partial charge in [0.05, 0.1) is 11.7 Å². The van der Waals surface area contributed by atoms with Crippen molar-refractivity contribution in [3.8, 4) is 17.3 Å². The molecule has 0 saturated heterocycles. The average Bonchev–Trinajstić information content (AvgIpc) is 2.68. The van der Waals surface area contributed by atoms with Gasteiger partial charge in [0.1, 0.15) is 10.8 Å². The summed E-state index contributed by atoms with van der Waals surface area (Å²) in [5.74, 6) is 0.368. The fourth-order valence-electron chi connectivity index (χ4n) is 2.63. The van der Waals surface area contributed by atoms with E-state index in [0.29, 0.717) is 34.8 Å². The van der Waals surface area contributed by atoms with Gasteiger partial charge < -0.3 is 15.0 Å². The molecule has 3 aromatic rings. The van der Waals surface area contributed by atoms with E-state index in [0.717, 1.165) is 0 Å². The van der Waals surface area contributed by atoms with E-state index in [2.05, 4.69) is 20.3 Å². The molecule has 1 aromatic carbocycles. The SMILES string of the molecule is CCc1cc(=O)[nH]c(-c2cccc(NC(=O)c3cnc(OC(C)C)c(Cl)c3)c2)n1. The van der Waals surface area contributed by atoms with Crippen LogP contribution < -0.4 is 15.6 Å². The van der Waals surface area contributed by atoms with Crippen LogP contribution in [-0.4, -0.2) is 27.0 Å². The minimum Gasteiger partial charge on any atom is -0.474 e. The predicted octanol–water partition coefficient (Wildman–Crippen LogP) is 4.09. The molecule has 0 aliphatic heterocycles. The zero-order chi connectivity index (χ0) is 21.0. The Labute approximate surface area is 173 Å². The molecule has 0 aliphatic rings. The van der Waals surface area contributed by atoms with Crippen molar-refractivity contribution in [3.63, 3.8) is 0 Å². The Kier molecular flexibility index (Phi) is 6.29. The number of aromatic nitrogens is 3. The molecular weight excluding hydrogens is 392 g/mol. The Morgan fingerprint density at radius 3 is 2.76 bits per heavy atom. The summed E-state index contributed by atoms with van der Waals surface area (Å²) in [7, 11) is 0. The highest BCUT2D eigenvalue weighted by Gasteiger charge is 2.13. The summed E-state index contributed by atoms with van der Waals surface area (Å²) >= 11 is 6.16. The largest absolute Gasteiger partial charge is 0.474 e. The second kappa shape index (κ2) is 8.87. The van der Waals surface area contributed by atoms with Crippen LogP contribution in [0.4, 0.5) is 5.69 Å². The summed E-state index contributed by atoms with van der Waals surface area (Å²) in [6.45, 7) is 5.66. The Morgan fingerprint density at radius 1 is 1.28 bits per heavy atom. The standard InChI is InChI=1S/C21H21ClN4O3/c1-4-15-10-18(27)26-19(24-15)13-6-5-7-16(8-13)25-20(28)14-9-17(22)21(23-11-14)29-12(2)3/h5-12H,4H2,1-3H3,(H,25,28)(H,24,26,27). The van der Waals surface area contributed by atoms with E-state index in [9.17, 15) is 9.59 Å². The molecule has 0 aliphatic carbocycles. The molecule has 3 rings (SSSR count). The van der Waals surface area contributed by atoms with Gasteiger partial charge in [0.2, 0.25) is 5.88 Å². The summed E-state index contributed by atoms with van der Waals surface area (Å²) in [5.41, 5.74) is 2.02. The number of carbonyl (C=O) groups excluding carboxylic acids is 1. The molecule has 2 N–H and O–H groups in total. The highest BCUT2D eigenvalue weighted by Crippen LogP contribution is 2.24. The maximum absolute atomic E-state index is 12.6. The summed E-state index contributed by atoms with van der Waals surface area (Å²) in [5, 5.41) is 3.06. The quantitative estimate of drug-likeness (QED) is 0.635. The minimum atomic E-state index is -0.364. The van der Waals surface area contributed by atoms with Crippen molar-refractivity contribution in [2.24, 2.45) is 0 Å². The Balaban J connectivity index is 1.82. The van der Waals surface area contributed by atoms with Gasteiger partial charge in [-0.1, -0.05) is 30.7 Å². The van der Waals surface area contributed by atoms with Crippen LogP contribution in [0.1, 0.15) is 36.8 Å². The number of aryl methyl sites for hydroxylation is 1. The van der Waals surface area contributed by atoms with Crippen LogP contribution >= 0.6 is 11.6 Å². The monoisotopic (exact) mass is 412 g/mol. The lowest BCUT2D eigenvalue weighted by atomic mass is 10.1. The number of hydrogen-bond donors (Lipinski definition) is 2. The highest BCUT2D eigenvalue weighted by molar-refractivity contribution is 6.32. The third kappa shape index (κ3) is 5.20. The molecule has 29 heavy (non-hydrogen) atoms. The molecule has 1 amide bonds. The van der Waals surface area contributed by atoms with Crippen LogP contribution in [-0.2, 0) is 6.42 Å². The first-order valence-corrected chi connectivity index (χ1v) is 9.57. The number of benzene rings is 1. The zero-order valence-corrected chi connectivity index (χ0v) is 17.1. The first kappa shape index (κ1) is 20.5. The number of halogens is 1. The zero-order valence-electron chi connectivity index (χ0n) is 16.3. The van der Waals surface area contributed by atoms with E-state index in [4.69, 9.17) is 16.3 Å². The van der Waals surface area contributed by atoms with E-state index in [1.807, 2.05) is 26.8 Å². The highest BCUT2D eigenvalue weighted by atomic mass is 35.5. The molecule has 0 atom stereocenters.